The summed E-state index contributed by atoms with van der Waals surface area (Å²) in [7, 11) is -4.43. The van der Waals surface area contributed by atoms with Crippen molar-refractivity contribution in [2.24, 2.45) is 0 Å². The number of hydrogen-bond acceptors (Lipinski definition) is 9. The number of ether oxygens (including phenoxy) is 1. The van der Waals surface area contributed by atoms with Gasteiger partial charge in [-0.05, 0) is 26.0 Å². The summed E-state index contributed by atoms with van der Waals surface area (Å²) in [5, 5.41) is 15.0. The topological polar surface area (TPSA) is 114 Å². The van der Waals surface area contributed by atoms with E-state index in [2.05, 4.69) is 25.3 Å². The molecule has 2 aliphatic rings. The Morgan fingerprint density at radius 2 is 1.86 bits per heavy atom. The average molecular weight is 550 g/mol. The molecule has 0 unspecified atom stereocenters. The fourth-order valence-electron chi connectivity index (χ4n) is 4.45. The second kappa shape index (κ2) is 9.16. The molecular formula is C20H23F4N7O3S2. The monoisotopic (exact) mass is 549 g/mol. The number of aromatic nitrogens is 4. The molecule has 2 aliphatic heterocycles. The largest absolute Gasteiger partial charge is 0.377 e. The van der Waals surface area contributed by atoms with Gasteiger partial charge in [0, 0.05) is 36.2 Å². The van der Waals surface area contributed by atoms with E-state index >= 15 is 0 Å². The van der Waals surface area contributed by atoms with E-state index in [-0.39, 0.29) is 27.6 Å². The lowest BCUT2D eigenvalue weighted by molar-refractivity contribution is -0.134. The van der Waals surface area contributed by atoms with Crippen LogP contribution in [0.1, 0.15) is 25.3 Å². The zero-order chi connectivity index (χ0) is 25.8. The van der Waals surface area contributed by atoms with Crippen molar-refractivity contribution in [3.05, 3.63) is 23.3 Å². The molecule has 10 nitrogen and oxygen atoms in total. The molecule has 0 bridgehead atoms. The normalized spacial score (nSPS) is 22.5. The molecule has 196 valence electrons. The van der Waals surface area contributed by atoms with Crippen molar-refractivity contribution >= 4 is 38.0 Å². The molecule has 3 aromatic rings. The minimum atomic E-state index is -4.43. The van der Waals surface area contributed by atoms with E-state index in [0.29, 0.717) is 35.5 Å². The number of nitrogens with one attached hydrogen (secondary N) is 2. The van der Waals surface area contributed by atoms with Gasteiger partial charge < -0.3 is 15.0 Å². The minimum Gasteiger partial charge on any atom is -0.377 e. The molecule has 2 atom stereocenters. The Bertz CT molecular complexity index is 1370. The van der Waals surface area contributed by atoms with Gasteiger partial charge in [-0.1, -0.05) is 11.3 Å². The van der Waals surface area contributed by atoms with Gasteiger partial charge in [0.2, 0.25) is 15.2 Å². The summed E-state index contributed by atoms with van der Waals surface area (Å²) >= 11 is 0.620. The first kappa shape index (κ1) is 25.3. The number of benzene rings is 1. The van der Waals surface area contributed by atoms with Crippen LogP contribution in [0, 0.1) is 0 Å². The van der Waals surface area contributed by atoms with Gasteiger partial charge in [-0.3, -0.25) is 0 Å². The van der Waals surface area contributed by atoms with Crippen molar-refractivity contribution in [2.45, 2.75) is 49.2 Å². The SMILES string of the molecule is C[C@H]1CN(c2cc(S(=O)(=O)NC3(C(F)F)COC3)cc3c2cnn3-c2nnc(C(F)F)s2)C[C@H](C)N1. The fraction of sp³-hybridized carbons (Fsp3) is 0.550. The van der Waals surface area contributed by atoms with Crippen LogP contribution >= 0.6 is 11.3 Å². The molecule has 0 spiro atoms. The first-order chi connectivity index (χ1) is 17.0. The van der Waals surface area contributed by atoms with E-state index in [9.17, 15) is 26.0 Å². The Morgan fingerprint density at radius 1 is 1.17 bits per heavy atom. The molecule has 0 radical (unpaired) electrons. The highest BCUT2D eigenvalue weighted by molar-refractivity contribution is 7.89. The Kier molecular flexibility index (Phi) is 6.43. The van der Waals surface area contributed by atoms with Crippen LogP contribution in [0.3, 0.4) is 0 Å². The molecule has 2 N–H and O–H groups in total. The molecule has 5 rings (SSSR count). The molecule has 0 amide bonds. The molecule has 16 heteroatoms. The first-order valence-corrected chi connectivity index (χ1v) is 13.3. The average Bonchev–Trinajstić information content (AvgIpc) is 3.41. The van der Waals surface area contributed by atoms with Crippen molar-refractivity contribution in [1.82, 2.24) is 30.0 Å². The summed E-state index contributed by atoms with van der Waals surface area (Å²) in [6.45, 7) is 4.16. The predicted molar refractivity (Wildman–Crippen MR) is 124 cm³/mol. The van der Waals surface area contributed by atoms with E-state index < -0.39 is 46.6 Å². The highest BCUT2D eigenvalue weighted by atomic mass is 32.2. The van der Waals surface area contributed by atoms with Crippen LogP contribution in [0.25, 0.3) is 16.0 Å². The standard InChI is InChI=1S/C20H23F4N7O3S2/c1-10-6-30(7-11(2)26-10)14-3-12(36(32,33)29-20(18(23)24)8-34-9-20)4-15-13(14)5-25-31(15)19-28-27-17(35-19)16(21)22/h3-5,10-11,16,18,26,29H,6-9H2,1-2H3/t10-,11-/m0/s1. The molecule has 0 aliphatic carbocycles. The van der Waals surface area contributed by atoms with Crippen LogP contribution in [0.4, 0.5) is 23.2 Å². The van der Waals surface area contributed by atoms with Crippen molar-refractivity contribution < 1.29 is 30.7 Å². The lowest BCUT2D eigenvalue weighted by Gasteiger charge is -2.40. The third-order valence-electron chi connectivity index (χ3n) is 6.12. The van der Waals surface area contributed by atoms with Crippen LogP contribution < -0.4 is 14.9 Å². The third-order valence-corrected chi connectivity index (χ3v) is 8.56. The molecule has 36 heavy (non-hydrogen) atoms. The molecule has 4 heterocycles. The number of sulfonamides is 1. The maximum Gasteiger partial charge on any atom is 0.291 e. The molecule has 1 aromatic carbocycles. The number of fused-ring (bicyclic) bond motifs is 1. The lowest BCUT2D eigenvalue weighted by Crippen LogP contribution is -2.66. The summed E-state index contributed by atoms with van der Waals surface area (Å²) < 4.78 is 88.4. The van der Waals surface area contributed by atoms with E-state index in [4.69, 9.17) is 4.74 Å². The van der Waals surface area contributed by atoms with Gasteiger partial charge in [0.25, 0.3) is 12.9 Å². The molecule has 2 fully saturated rings. The molecule has 2 aromatic heterocycles. The molecule has 2 saturated heterocycles. The van der Waals surface area contributed by atoms with E-state index in [1.54, 1.807) is 0 Å². The number of hydrogen-bond donors (Lipinski definition) is 2. The minimum absolute atomic E-state index is 0.0206. The summed E-state index contributed by atoms with van der Waals surface area (Å²) in [6.07, 6.45) is -4.30. The predicted octanol–water partition coefficient (Wildman–Crippen LogP) is 2.31. The third kappa shape index (κ3) is 4.44. The van der Waals surface area contributed by atoms with Gasteiger partial charge in [0.1, 0.15) is 5.54 Å². The number of nitrogens with zero attached hydrogens (tertiary/aromatic N) is 5. The van der Waals surface area contributed by atoms with Crippen LogP contribution in [0.5, 0.6) is 0 Å². The Labute approximate surface area is 207 Å². The molecule has 0 saturated carbocycles. The summed E-state index contributed by atoms with van der Waals surface area (Å²) in [5.41, 5.74) is -1.23. The quantitative estimate of drug-likeness (QED) is 0.432. The number of piperazine rings is 1. The zero-order valence-corrected chi connectivity index (χ0v) is 20.8. The van der Waals surface area contributed by atoms with E-state index in [0.717, 1.165) is 0 Å². The van der Waals surface area contributed by atoms with Gasteiger partial charge in [0.05, 0.1) is 29.8 Å². The molecular weight excluding hydrogens is 526 g/mol. The summed E-state index contributed by atoms with van der Waals surface area (Å²) in [6, 6.07) is 2.86. The first-order valence-electron chi connectivity index (χ1n) is 11.0. The van der Waals surface area contributed by atoms with E-state index in [1.165, 1.54) is 23.0 Å². The number of alkyl halides is 4. The zero-order valence-electron chi connectivity index (χ0n) is 19.2. The number of rotatable bonds is 7. The highest BCUT2D eigenvalue weighted by Crippen LogP contribution is 2.35. The number of halogens is 4. The maximum absolute atomic E-state index is 13.7. The summed E-state index contributed by atoms with van der Waals surface area (Å²) in [4.78, 5) is 1.72. The van der Waals surface area contributed by atoms with E-state index in [1.807, 2.05) is 18.7 Å². The Morgan fingerprint density at radius 3 is 2.42 bits per heavy atom. The van der Waals surface area contributed by atoms with Crippen LogP contribution in [0.2, 0.25) is 0 Å². The smallest absolute Gasteiger partial charge is 0.291 e. The van der Waals surface area contributed by atoms with Crippen LogP contribution in [-0.4, -0.2) is 78.7 Å². The van der Waals surface area contributed by atoms with Gasteiger partial charge in [-0.2, -0.15) is 9.82 Å². The van der Waals surface area contributed by atoms with Crippen molar-refractivity contribution in [3.8, 4) is 5.13 Å². The highest BCUT2D eigenvalue weighted by Gasteiger charge is 2.50. The fourth-order valence-corrected chi connectivity index (χ4v) is 6.52. The Hall–Kier alpha value is -2.40. The lowest BCUT2D eigenvalue weighted by atomic mass is 10.0. The number of anilines is 1. The van der Waals surface area contributed by atoms with Gasteiger partial charge in [0.15, 0.2) is 5.01 Å². The second-order valence-corrected chi connectivity index (χ2v) is 11.8. The second-order valence-electron chi connectivity index (χ2n) is 9.08. The van der Waals surface area contributed by atoms with Crippen molar-refractivity contribution in [3.63, 3.8) is 0 Å². The van der Waals surface area contributed by atoms with Crippen molar-refractivity contribution in [2.75, 3.05) is 31.2 Å². The Balaban J connectivity index is 1.65. The van der Waals surface area contributed by atoms with Gasteiger partial charge in [-0.25, -0.2) is 30.7 Å². The van der Waals surface area contributed by atoms with Crippen molar-refractivity contribution in [1.29, 1.82) is 0 Å². The van der Waals surface area contributed by atoms with Crippen LogP contribution in [-0.2, 0) is 14.8 Å². The van der Waals surface area contributed by atoms with Gasteiger partial charge >= 0.3 is 0 Å². The van der Waals surface area contributed by atoms with Crippen LogP contribution in [0.15, 0.2) is 23.2 Å². The maximum atomic E-state index is 13.7. The van der Waals surface area contributed by atoms with Gasteiger partial charge in [-0.15, -0.1) is 10.2 Å². The summed E-state index contributed by atoms with van der Waals surface area (Å²) in [5.74, 6) is 0.